The number of amides is 1. The van der Waals surface area contributed by atoms with E-state index in [9.17, 15) is 13.2 Å². The maximum atomic E-state index is 12.9. The number of carbonyl (C=O) groups is 1. The Morgan fingerprint density at radius 2 is 1.79 bits per heavy atom. The highest BCUT2D eigenvalue weighted by Gasteiger charge is 2.23. The fraction of sp³-hybridized carbons (Fsp3) is 0.263. The van der Waals surface area contributed by atoms with Crippen molar-refractivity contribution in [3.8, 4) is 5.95 Å². The topological polar surface area (TPSA) is 107 Å². The van der Waals surface area contributed by atoms with Crippen molar-refractivity contribution in [2.24, 2.45) is 0 Å². The summed E-state index contributed by atoms with van der Waals surface area (Å²) in [4.78, 5) is 21.2. The number of sulfone groups is 1. The van der Waals surface area contributed by atoms with E-state index in [4.69, 9.17) is 11.6 Å². The van der Waals surface area contributed by atoms with Crippen molar-refractivity contribution >= 4 is 33.2 Å². The Bertz CT molecular complexity index is 1170. The number of anilines is 1. The number of rotatable bonds is 4. The van der Waals surface area contributed by atoms with Crippen LogP contribution < -0.4 is 5.32 Å². The van der Waals surface area contributed by atoms with E-state index < -0.39 is 15.7 Å². The van der Waals surface area contributed by atoms with E-state index in [2.05, 4.69) is 20.4 Å². The minimum absolute atomic E-state index is 0.00216. The molecule has 152 valence electrons. The van der Waals surface area contributed by atoms with Gasteiger partial charge in [0.25, 0.3) is 11.9 Å². The second-order valence-electron chi connectivity index (χ2n) is 7.49. The molecule has 1 aromatic carbocycles. The first-order chi connectivity index (χ1) is 13.5. The summed E-state index contributed by atoms with van der Waals surface area (Å²) in [6.07, 6.45) is 4.20. The van der Waals surface area contributed by atoms with Gasteiger partial charge in [0.15, 0.2) is 9.84 Å². The highest BCUT2D eigenvalue weighted by Crippen LogP contribution is 2.27. The number of nitrogens with zero attached hydrogens (tertiary/aromatic N) is 4. The summed E-state index contributed by atoms with van der Waals surface area (Å²) < 4.78 is 25.1. The van der Waals surface area contributed by atoms with Gasteiger partial charge in [-0.25, -0.2) is 18.4 Å². The van der Waals surface area contributed by atoms with Crippen LogP contribution in [0.15, 0.2) is 47.6 Å². The fourth-order valence-corrected chi connectivity index (χ4v) is 3.33. The lowest BCUT2D eigenvalue weighted by Crippen LogP contribution is -2.17. The molecule has 0 aliphatic heterocycles. The van der Waals surface area contributed by atoms with Crippen molar-refractivity contribution in [2.75, 3.05) is 11.6 Å². The lowest BCUT2D eigenvalue weighted by molar-refractivity contribution is 0.102. The average molecular weight is 434 g/mol. The molecule has 3 rings (SSSR count). The molecule has 1 N–H and O–H groups in total. The van der Waals surface area contributed by atoms with Crippen molar-refractivity contribution in [3.05, 3.63) is 59.0 Å². The third kappa shape index (κ3) is 4.63. The molecule has 3 aromatic rings. The predicted molar refractivity (Wildman–Crippen MR) is 110 cm³/mol. The van der Waals surface area contributed by atoms with Crippen LogP contribution in [-0.4, -0.2) is 40.3 Å². The summed E-state index contributed by atoms with van der Waals surface area (Å²) in [6.45, 7) is 5.97. The van der Waals surface area contributed by atoms with Crippen LogP contribution in [0.5, 0.6) is 0 Å². The van der Waals surface area contributed by atoms with Gasteiger partial charge in [-0.1, -0.05) is 32.4 Å². The molecule has 0 bridgehead atoms. The van der Waals surface area contributed by atoms with Crippen LogP contribution in [0, 0.1) is 0 Å². The largest absolute Gasteiger partial charge is 0.306 e. The molecule has 0 fully saturated rings. The zero-order valence-electron chi connectivity index (χ0n) is 16.3. The highest BCUT2D eigenvalue weighted by molar-refractivity contribution is 7.90. The Labute approximate surface area is 173 Å². The maximum absolute atomic E-state index is 12.9. The third-order valence-electron chi connectivity index (χ3n) is 4.07. The fourth-order valence-electron chi connectivity index (χ4n) is 2.48. The van der Waals surface area contributed by atoms with E-state index in [0.29, 0.717) is 5.82 Å². The Morgan fingerprint density at radius 1 is 1.14 bits per heavy atom. The molecule has 0 saturated carbocycles. The average Bonchev–Trinajstić information content (AvgIpc) is 3.06. The Morgan fingerprint density at radius 3 is 2.38 bits per heavy atom. The smallest absolute Gasteiger partial charge is 0.258 e. The second kappa shape index (κ2) is 7.57. The van der Waals surface area contributed by atoms with Crippen LogP contribution in [0.3, 0.4) is 0 Å². The minimum atomic E-state index is -3.49. The monoisotopic (exact) mass is 433 g/mol. The molecule has 2 heterocycles. The van der Waals surface area contributed by atoms with Crippen LogP contribution in [0.1, 0.15) is 36.8 Å². The minimum Gasteiger partial charge on any atom is -0.306 e. The Kier molecular flexibility index (Phi) is 5.46. The van der Waals surface area contributed by atoms with Gasteiger partial charge in [-0.3, -0.25) is 4.79 Å². The van der Waals surface area contributed by atoms with E-state index in [1.165, 1.54) is 22.9 Å². The summed E-state index contributed by atoms with van der Waals surface area (Å²) in [5.74, 6) is 0.0549. The van der Waals surface area contributed by atoms with Gasteiger partial charge < -0.3 is 5.32 Å². The number of halogens is 1. The van der Waals surface area contributed by atoms with E-state index in [0.717, 1.165) is 11.9 Å². The number of benzene rings is 1. The molecule has 1 amide bonds. The molecule has 0 aliphatic rings. The van der Waals surface area contributed by atoms with Gasteiger partial charge >= 0.3 is 0 Å². The summed E-state index contributed by atoms with van der Waals surface area (Å²) in [5, 5.41) is 7.40. The SMILES string of the molecule is CC(C)(C)c1cc(NC(=O)c2cc(S(C)(=O)=O)ccc2Cl)n(-c2ncccn2)n1. The lowest BCUT2D eigenvalue weighted by atomic mass is 9.92. The van der Waals surface area contributed by atoms with Crippen LogP contribution in [0.2, 0.25) is 5.02 Å². The van der Waals surface area contributed by atoms with Crippen molar-refractivity contribution in [1.29, 1.82) is 0 Å². The van der Waals surface area contributed by atoms with E-state index in [1.54, 1.807) is 24.5 Å². The summed E-state index contributed by atoms with van der Waals surface area (Å²) >= 11 is 6.14. The zero-order chi connectivity index (χ0) is 21.4. The Hall–Kier alpha value is -2.78. The van der Waals surface area contributed by atoms with Crippen LogP contribution >= 0.6 is 11.6 Å². The zero-order valence-corrected chi connectivity index (χ0v) is 17.9. The molecule has 0 radical (unpaired) electrons. The number of carbonyl (C=O) groups excluding carboxylic acids is 1. The van der Waals surface area contributed by atoms with Crippen molar-refractivity contribution in [2.45, 2.75) is 31.1 Å². The molecular weight excluding hydrogens is 414 g/mol. The normalized spacial score (nSPS) is 12.0. The number of hydrogen-bond donors (Lipinski definition) is 1. The van der Waals surface area contributed by atoms with E-state index in [1.807, 2.05) is 20.8 Å². The molecule has 29 heavy (non-hydrogen) atoms. The van der Waals surface area contributed by atoms with Crippen LogP contribution in [-0.2, 0) is 15.3 Å². The van der Waals surface area contributed by atoms with E-state index >= 15 is 0 Å². The van der Waals surface area contributed by atoms with Gasteiger partial charge in [0.1, 0.15) is 5.82 Å². The molecule has 0 saturated heterocycles. The number of hydrogen-bond acceptors (Lipinski definition) is 6. The molecule has 0 unspecified atom stereocenters. The predicted octanol–water partition coefficient (Wildman–Crippen LogP) is 3.27. The molecule has 0 atom stereocenters. The molecule has 2 aromatic heterocycles. The molecular formula is C19H20ClN5O3S. The number of aromatic nitrogens is 4. The highest BCUT2D eigenvalue weighted by atomic mass is 35.5. The standard InChI is InChI=1S/C19H20ClN5O3S/c1-19(2,3)15-11-16(25(24-15)18-21-8-5-9-22-18)23-17(26)13-10-12(29(4,27)28)6-7-14(13)20/h5-11H,1-4H3,(H,23,26). The second-order valence-corrected chi connectivity index (χ2v) is 9.92. The first-order valence-electron chi connectivity index (χ1n) is 8.66. The van der Waals surface area contributed by atoms with Gasteiger partial charge in [-0.15, -0.1) is 0 Å². The quantitative estimate of drug-likeness (QED) is 0.676. The van der Waals surface area contributed by atoms with Crippen molar-refractivity contribution in [1.82, 2.24) is 19.7 Å². The lowest BCUT2D eigenvalue weighted by Gasteiger charge is -2.13. The van der Waals surface area contributed by atoms with Gasteiger partial charge in [0, 0.05) is 30.1 Å². The van der Waals surface area contributed by atoms with Crippen LogP contribution in [0.4, 0.5) is 5.82 Å². The molecule has 0 aliphatic carbocycles. The molecule has 10 heteroatoms. The molecule has 0 spiro atoms. The van der Waals surface area contributed by atoms with Gasteiger partial charge in [-0.05, 0) is 24.3 Å². The molecule has 8 nitrogen and oxygen atoms in total. The van der Waals surface area contributed by atoms with Gasteiger partial charge in [-0.2, -0.15) is 9.78 Å². The summed E-state index contributed by atoms with van der Waals surface area (Å²) in [6, 6.07) is 7.38. The van der Waals surface area contributed by atoms with Crippen LogP contribution in [0.25, 0.3) is 5.95 Å². The third-order valence-corrected chi connectivity index (χ3v) is 5.51. The first kappa shape index (κ1) is 20.9. The van der Waals surface area contributed by atoms with E-state index in [-0.39, 0.29) is 26.8 Å². The number of nitrogens with one attached hydrogen (secondary N) is 1. The summed E-state index contributed by atoms with van der Waals surface area (Å²) in [7, 11) is -3.49. The first-order valence-corrected chi connectivity index (χ1v) is 10.9. The van der Waals surface area contributed by atoms with Gasteiger partial charge in [0.05, 0.1) is 21.2 Å². The Balaban J connectivity index is 2.04. The van der Waals surface area contributed by atoms with Crippen molar-refractivity contribution in [3.63, 3.8) is 0 Å². The van der Waals surface area contributed by atoms with Crippen molar-refractivity contribution < 1.29 is 13.2 Å². The van der Waals surface area contributed by atoms with Gasteiger partial charge in [0.2, 0.25) is 0 Å². The maximum Gasteiger partial charge on any atom is 0.258 e. The summed E-state index contributed by atoms with van der Waals surface area (Å²) in [5.41, 5.74) is 0.470.